The number of aryl methyl sites for hydroxylation is 1. The van der Waals surface area contributed by atoms with Gasteiger partial charge < -0.3 is 10.2 Å². The van der Waals surface area contributed by atoms with Crippen LogP contribution in [0.2, 0.25) is 0 Å². The molecule has 9 nitrogen and oxygen atoms in total. The fourth-order valence-corrected chi connectivity index (χ4v) is 6.47. The van der Waals surface area contributed by atoms with Gasteiger partial charge in [-0.05, 0) is 41.0 Å². The second-order valence-electron chi connectivity index (χ2n) is 13.6. The Kier molecular flexibility index (Phi) is 8.39. The predicted molar refractivity (Wildman–Crippen MR) is 169 cm³/mol. The lowest BCUT2D eigenvalue weighted by atomic mass is 9.54. The zero-order chi connectivity index (χ0) is 32.7. The van der Waals surface area contributed by atoms with Gasteiger partial charge in [0, 0.05) is 18.4 Å². The van der Waals surface area contributed by atoms with Crippen LogP contribution < -0.4 is 5.56 Å². The summed E-state index contributed by atoms with van der Waals surface area (Å²) >= 11 is 0. The Morgan fingerprint density at radius 2 is 1.25 bits per heavy atom. The maximum Gasteiger partial charge on any atom is 0.321 e. The summed E-state index contributed by atoms with van der Waals surface area (Å²) in [6, 6.07) is 21.2. The normalized spacial score (nSPS) is 12.7. The third-order valence-corrected chi connectivity index (χ3v) is 8.84. The van der Waals surface area contributed by atoms with E-state index in [9.17, 15) is 29.4 Å². The molecule has 9 heteroatoms. The average molecular weight is 598 g/mol. The van der Waals surface area contributed by atoms with Crippen molar-refractivity contribution in [3.05, 3.63) is 94.3 Å². The molecule has 0 saturated heterocycles. The van der Waals surface area contributed by atoms with Gasteiger partial charge in [0.05, 0.1) is 10.9 Å². The fourth-order valence-electron chi connectivity index (χ4n) is 6.47. The molecule has 0 radical (unpaired) electrons. The van der Waals surface area contributed by atoms with Crippen molar-refractivity contribution in [1.82, 2.24) is 15.0 Å². The molecule has 0 unspecified atom stereocenters. The number of hydrogen-bond donors (Lipinski definition) is 2. The highest BCUT2D eigenvalue weighted by molar-refractivity contribution is 6.06. The molecule has 4 rings (SSSR count). The number of carbonyl (C=O) groups excluding carboxylic acids is 1. The number of carboxylic acids is 2. The molecular formula is C35H39N3O6. The number of ketones is 1. The van der Waals surface area contributed by atoms with Crippen LogP contribution >= 0.6 is 0 Å². The Morgan fingerprint density at radius 1 is 0.750 bits per heavy atom. The van der Waals surface area contributed by atoms with Crippen LogP contribution in [0.25, 0.3) is 22.0 Å². The van der Waals surface area contributed by atoms with E-state index in [-0.39, 0.29) is 10.9 Å². The molecule has 0 atom stereocenters. The van der Waals surface area contributed by atoms with E-state index in [4.69, 9.17) is 0 Å². The topological polar surface area (TPSA) is 139 Å². The Morgan fingerprint density at radius 3 is 1.75 bits per heavy atom. The Bertz CT molecular complexity index is 1750. The summed E-state index contributed by atoms with van der Waals surface area (Å²) in [5.74, 6) is -3.98. The summed E-state index contributed by atoms with van der Waals surface area (Å²) in [7, 11) is 0. The summed E-state index contributed by atoms with van der Waals surface area (Å²) in [5.41, 5.74) is -3.05. The van der Waals surface area contributed by atoms with E-state index in [0.717, 1.165) is 21.4 Å². The van der Waals surface area contributed by atoms with E-state index in [1.807, 2.05) is 72.7 Å². The zero-order valence-corrected chi connectivity index (χ0v) is 26.2. The molecular weight excluding hydrogens is 558 g/mol. The minimum Gasteiger partial charge on any atom is -0.480 e. The van der Waals surface area contributed by atoms with Gasteiger partial charge >= 0.3 is 11.9 Å². The van der Waals surface area contributed by atoms with E-state index >= 15 is 0 Å². The van der Waals surface area contributed by atoms with Gasteiger partial charge in [0.15, 0.2) is 11.2 Å². The molecule has 230 valence electrons. The van der Waals surface area contributed by atoms with Gasteiger partial charge in [-0.25, -0.2) is 4.68 Å². The molecule has 0 fully saturated rings. The van der Waals surface area contributed by atoms with Crippen molar-refractivity contribution < 1.29 is 24.6 Å². The summed E-state index contributed by atoms with van der Waals surface area (Å²) in [4.78, 5) is 53.9. The summed E-state index contributed by atoms with van der Waals surface area (Å²) in [5, 5.41) is 30.1. The maximum atomic E-state index is 14.0. The van der Waals surface area contributed by atoms with Crippen LogP contribution in [-0.4, -0.2) is 42.9 Å². The first-order chi connectivity index (χ1) is 20.4. The van der Waals surface area contributed by atoms with Crippen molar-refractivity contribution in [2.24, 2.45) is 16.2 Å². The monoisotopic (exact) mass is 597 g/mol. The van der Waals surface area contributed by atoms with Gasteiger partial charge in [0.25, 0.3) is 5.56 Å². The number of carbonyl (C=O) groups is 3. The molecule has 1 aromatic heterocycles. The number of aliphatic carboxylic acids is 2. The largest absolute Gasteiger partial charge is 0.480 e. The smallest absolute Gasteiger partial charge is 0.321 e. The summed E-state index contributed by atoms with van der Waals surface area (Å²) in [6.07, 6.45) is -1.43. The lowest BCUT2D eigenvalue weighted by Gasteiger charge is -2.55. The highest BCUT2D eigenvalue weighted by Gasteiger charge is 2.62. The molecule has 4 aromatic rings. The van der Waals surface area contributed by atoms with Crippen LogP contribution in [-0.2, 0) is 15.1 Å². The van der Waals surface area contributed by atoms with Gasteiger partial charge in [-0.1, -0.05) is 113 Å². The van der Waals surface area contributed by atoms with E-state index in [0.29, 0.717) is 5.52 Å². The van der Waals surface area contributed by atoms with Crippen LogP contribution in [0.1, 0.15) is 70.3 Å². The number of nitrogens with zero attached hydrogens (tertiary/aromatic N) is 3. The van der Waals surface area contributed by atoms with Gasteiger partial charge in [0.2, 0.25) is 0 Å². The standard InChI is InChI=1S/C35H39N3O6/c1-22-12-14-23(15-13-22)24-16-18-25(19-17-24)28(39)20-34(30(41)42,31(43)44)21-35(32(2,3)4,33(5,6)7)38-29(40)26-10-8-9-11-27(26)36-37-38/h8-19H,20-21H2,1-7H3,(H,41,42)(H,43,44). The Labute approximate surface area is 256 Å². The average Bonchev–Trinajstić information content (AvgIpc) is 2.94. The number of fused-ring (bicyclic) bond motifs is 1. The van der Waals surface area contributed by atoms with Crippen LogP contribution in [0, 0.1) is 23.2 Å². The van der Waals surface area contributed by atoms with Crippen molar-refractivity contribution in [1.29, 1.82) is 0 Å². The third-order valence-electron chi connectivity index (χ3n) is 8.84. The van der Waals surface area contributed by atoms with Crippen molar-refractivity contribution in [3.8, 4) is 11.1 Å². The second-order valence-corrected chi connectivity index (χ2v) is 13.6. The van der Waals surface area contributed by atoms with Crippen LogP contribution in [0.4, 0.5) is 0 Å². The highest BCUT2D eigenvalue weighted by Crippen LogP contribution is 2.55. The lowest BCUT2D eigenvalue weighted by molar-refractivity contribution is -0.172. The van der Waals surface area contributed by atoms with Crippen LogP contribution in [0.5, 0.6) is 0 Å². The SMILES string of the molecule is Cc1ccc(-c2ccc(C(=O)CC(CC(n3nnc4ccccc4c3=O)(C(C)(C)C)C(C)(C)C)(C(=O)O)C(=O)O)cc2)cc1. The van der Waals surface area contributed by atoms with Crippen LogP contribution in [0.3, 0.4) is 0 Å². The quantitative estimate of drug-likeness (QED) is 0.168. The summed E-state index contributed by atoms with van der Waals surface area (Å²) in [6.45, 7) is 12.8. The van der Waals surface area contributed by atoms with Crippen molar-refractivity contribution >= 4 is 28.6 Å². The highest BCUT2D eigenvalue weighted by atomic mass is 16.4. The minimum atomic E-state index is -2.60. The van der Waals surface area contributed by atoms with Gasteiger partial charge in [-0.3, -0.25) is 19.2 Å². The van der Waals surface area contributed by atoms with E-state index in [1.54, 1.807) is 48.5 Å². The lowest BCUT2D eigenvalue weighted by Crippen LogP contribution is -2.63. The molecule has 3 aromatic carbocycles. The number of hydrogen-bond acceptors (Lipinski definition) is 6. The van der Waals surface area contributed by atoms with E-state index in [1.165, 1.54) is 0 Å². The molecule has 0 aliphatic rings. The van der Waals surface area contributed by atoms with Crippen molar-refractivity contribution in [3.63, 3.8) is 0 Å². The minimum absolute atomic E-state index is 0.188. The first-order valence-corrected chi connectivity index (χ1v) is 14.5. The number of carboxylic acid groups (broad SMARTS) is 2. The molecule has 0 spiro atoms. The van der Waals surface area contributed by atoms with Gasteiger partial charge in [-0.15, -0.1) is 5.10 Å². The van der Waals surface area contributed by atoms with Crippen molar-refractivity contribution in [2.75, 3.05) is 0 Å². The van der Waals surface area contributed by atoms with E-state index in [2.05, 4.69) is 10.3 Å². The fraction of sp³-hybridized carbons (Fsp3) is 0.371. The molecule has 0 aliphatic carbocycles. The molecule has 0 saturated carbocycles. The predicted octanol–water partition coefficient (Wildman–Crippen LogP) is 6.37. The van der Waals surface area contributed by atoms with Gasteiger partial charge in [0.1, 0.15) is 5.52 Å². The number of aromatic nitrogens is 3. The maximum absolute atomic E-state index is 14.0. The molecule has 0 bridgehead atoms. The molecule has 1 heterocycles. The zero-order valence-electron chi connectivity index (χ0n) is 26.2. The first-order valence-electron chi connectivity index (χ1n) is 14.5. The molecule has 0 amide bonds. The number of rotatable bonds is 9. The summed E-state index contributed by atoms with van der Waals surface area (Å²) < 4.78 is 1.15. The third kappa shape index (κ3) is 5.54. The molecule has 2 N–H and O–H groups in total. The van der Waals surface area contributed by atoms with Crippen molar-refractivity contribution in [2.45, 2.75) is 66.8 Å². The van der Waals surface area contributed by atoms with Gasteiger partial charge in [-0.2, -0.15) is 0 Å². The first kappa shape index (κ1) is 32.3. The molecule has 0 aliphatic heterocycles. The number of benzene rings is 3. The Hall–Kier alpha value is -4.66. The van der Waals surface area contributed by atoms with E-state index < -0.39 is 57.9 Å². The van der Waals surface area contributed by atoms with Crippen LogP contribution in [0.15, 0.2) is 77.6 Å². The number of Topliss-reactive ketones (excluding diaryl/α,β-unsaturated/α-hetero) is 1. The Balaban J connectivity index is 1.86. The molecule has 44 heavy (non-hydrogen) atoms. The second kappa shape index (κ2) is 11.4.